The van der Waals surface area contributed by atoms with Crippen LogP contribution in [0, 0.1) is 12.7 Å². The quantitative estimate of drug-likeness (QED) is 0.330. The lowest BCUT2D eigenvalue weighted by Crippen LogP contribution is -2.43. The van der Waals surface area contributed by atoms with Crippen LogP contribution in [0.1, 0.15) is 53.9 Å². The molecule has 3 rings (SSSR count). The molecule has 9 nitrogen and oxygen atoms in total. The summed E-state index contributed by atoms with van der Waals surface area (Å²) < 4.78 is 77.1. The number of aromatic nitrogens is 2. The molecule has 1 aromatic carbocycles. The van der Waals surface area contributed by atoms with Crippen LogP contribution in [0.2, 0.25) is 0 Å². The monoisotopic (exact) mass is 501 g/mol. The maximum atomic E-state index is 16.1. The Bertz CT molecular complexity index is 1090. The van der Waals surface area contributed by atoms with E-state index in [1.165, 1.54) is 26.0 Å². The van der Waals surface area contributed by atoms with E-state index >= 15 is 4.39 Å². The Morgan fingerprint density at radius 2 is 1.69 bits per heavy atom. The van der Waals surface area contributed by atoms with Crippen molar-refractivity contribution in [3.8, 4) is 0 Å². The third-order valence-corrected chi connectivity index (χ3v) is 5.29. The van der Waals surface area contributed by atoms with Crippen LogP contribution in [0.25, 0.3) is 0 Å². The van der Waals surface area contributed by atoms with Gasteiger partial charge in [0.2, 0.25) is 0 Å². The maximum absolute atomic E-state index is 16.1. The highest BCUT2D eigenvalue weighted by atomic mass is 19.3. The minimum absolute atomic E-state index is 0.0897. The van der Waals surface area contributed by atoms with Crippen LogP contribution < -0.4 is 5.32 Å². The molecule has 0 amide bonds. The first-order valence-corrected chi connectivity index (χ1v) is 10.4. The van der Waals surface area contributed by atoms with Crippen molar-refractivity contribution >= 4 is 17.8 Å². The van der Waals surface area contributed by atoms with Crippen LogP contribution in [-0.2, 0) is 34.2 Å². The number of anilines is 1. The van der Waals surface area contributed by atoms with Gasteiger partial charge in [-0.25, -0.2) is 37.1 Å². The van der Waals surface area contributed by atoms with Gasteiger partial charge in [-0.15, -0.1) is 0 Å². The standard InChI is InChI=1S/C22H23F4N3O6/c1-10(12-6-5-7-13(15(12)23)17(24)25)27-18-14(19-34-8-9-35-19)16(28-11(2)29-18)22(26,20(30)32-3)21(31)33-4/h5-7,10,17,19H,8-9H2,1-4H3,(H,27,28,29)/t10-/m0/s1. The lowest BCUT2D eigenvalue weighted by Gasteiger charge is -2.27. The Balaban J connectivity index is 2.19. The molecule has 1 fully saturated rings. The highest BCUT2D eigenvalue weighted by Gasteiger charge is 2.56. The van der Waals surface area contributed by atoms with Gasteiger partial charge in [0.1, 0.15) is 23.2 Å². The van der Waals surface area contributed by atoms with Crippen molar-refractivity contribution in [2.75, 3.05) is 32.8 Å². The van der Waals surface area contributed by atoms with Crippen molar-refractivity contribution in [1.82, 2.24) is 9.97 Å². The predicted octanol–water partition coefficient (Wildman–Crippen LogP) is 3.59. The Morgan fingerprint density at radius 3 is 2.23 bits per heavy atom. The third kappa shape index (κ3) is 4.91. The number of halogens is 4. The lowest BCUT2D eigenvalue weighted by molar-refractivity contribution is -0.173. The molecule has 1 aromatic heterocycles. The fourth-order valence-electron chi connectivity index (χ4n) is 3.61. The third-order valence-electron chi connectivity index (χ3n) is 5.29. The fourth-order valence-corrected chi connectivity index (χ4v) is 3.61. The van der Waals surface area contributed by atoms with Gasteiger partial charge in [-0.3, -0.25) is 0 Å². The Kier molecular flexibility index (Phi) is 7.90. The summed E-state index contributed by atoms with van der Waals surface area (Å²) in [5, 5.41) is 2.81. The van der Waals surface area contributed by atoms with Gasteiger partial charge >= 0.3 is 17.6 Å². The number of aryl methyl sites for hydroxylation is 1. The smallest absolute Gasteiger partial charge is 0.362 e. The number of carbonyl (C=O) groups is 2. The van der Waals surface area contributed by atoms with Crippen molar-refractivity contribution in [3.05, 3.63) is 52.2 Å². The SMILES string of the molecule is COC(=O)C(F)(C(=O)OC)c1nc(C)nc(N[C@@H](C)c2cccc(C(F)F)c2F)c1C1OCCO1. The minimum Gasteiger partial charge on any atom is -0.466 e. The summed E-state index contributed by atoms with van der Waals surface area (Å²) >= 11 is 0. The van der Waals surface area contributed by atoms with Crippen molar-refractivity contribution in [2.24, 2.45) is 0 Å². The van der Waals surface area contributed by atoms with Crippen molar-refractivity contribution in [1.29, 1.82) is 0 Å². The second-order valence-electron chi connectivity index (χ2n) is 7.51. The van der Waals surface area contributed by atoms with Crippen LogP contribution in [-0.4, -0.2) is 49.3 Å². The van der Waals surface area contributed by atoms with E-state index < -0.39 is 53.4 Å². The molecule has 0 saturated carbocycles. The van der Waals surface area contributed by atoms with Crippen LogP contribution in [0.3, 0.4) is 0 Å². The molecule has 13 heteroatoms. The maximum Gasteiger partial charge on any atom is 0.362 e. The summed E-state index contributed by atoms with van der Waals surface area (Å²) in [6.45, 7) is 2.99. The number of ether oxygens (including phenoxy) is 4. The van der Waals surface area contributed by atoms with E-state index in [2.05, 4.69) is 24.8 Å². The summed E-state index contributed by atoms with van der Waals surface area (Å²) in [6, 6.07) is 2.53. The number of rotatable bonds is 8. The average molecular weight is 501 g/mol. The van der Waals surface area contributed by atoms with Crippen molar-refractivity contribution < 1.29 is 46.1 Å². The number of esters is 2. The van der Waals surface area contributed by atoms with Gasteiger partial charge < -0.3 is 24.3 Å². The first kappa shape index (κ1) is 26.3. The Hall–Kier alpha value is -3.32. The number of carbonyl (C=O) groups excluding carboxylic acids is 2. The molecule has 0 bridgehead atoms. The molecule has 1 aliphatic rings. The van der Waals surface area contributed by atoms with Gasteiger partial charge in [-0.2, -0.15) is 0 Å². The molecule has 0 aliphatic carbocycles. The summed E-state index contributed by atoms with van der Waals surface area (Å²) in [5.41, 5.74) is -5.48. The Morgan fingerprint density at radius 1 is 1.11 bits per heavy atom. The number of nitrogens with one attached hydrogen (secondary N) is 1. The number of alkyl halides is 3. The second kappa shape index (κ2) is 10.5. The van der Waals surface area contributed by atoms with Gasteiger partial charge in [0, 0.05) is 5.56 Å². The molecule has 0 radical (unpaired) electrons. The number of methoxy groups -OCH3 is 2. The highest BCUT2D eigenvalue weighted by Crippen LogP contribution is 2.40. The van der Waals surface area contributed by atoms with Crippen LogP contribution in [0.5, 0.6) is 0 Å². The molecule has 1 atom stereocenters. The van der Waals surface area contributed by atoms with Crippen LogP contribution in [0.15, 0.2) is 18.2 Å². The van der Waals surface area contributed by atoms with E-state index in [1.807, 2.05) is 0 Å². The zero-order chi connectivity index (χ0) is 25.9. The highest BCUT2D eigenvalue weighted by molar-refractivity contribution is 6.04. The molecule has 190 valence electrons. The number of benzene rings is 1. The van der Waals surface area contributed by atoms with Gasteiger partial charge in [-0.1, -0.05) is 18.2 Å². The molecule has 0 spiro atoms. The molecule has 1 aliphatic heterocycles. The lowest BCUT2D eigenvalue weighted by atomic mass is 9.95. The van der Waals surface area contributed by atoms with Crippen LogP contribution >= 0.6 is 0 Å². The Labute approximate surface area is 197 Å². The van der Waals surface area contributed by atoms with Crippen molar-refractivity contribution in [3.63, 3.8) is 0 Å². The summed E-state index contributed by atoms with van der Waals surface area (Å²) in [6.07, 6.45) is -4.36. The molecule has 2 heterocycles. The second-order valence-corrected chi connectivity index (χ2v) is 7.51. The summed E-state index contributed by atoms with van der Waals surface area (Å²) in [5.74, 6) is -4.63. The fraction of sp³-hybridized carbons (Fsp3) is 0.455. The summed E-state index contributed by atoms with van der Waals surface area (Å²) in [7, 11) is 1.74. The van der Waals surface area contributed by atoms with E-state index in [4.69, 9.17) is 9.47 Å². The number of hydrogen-bond donors (Lipinski definition) is 1. The normalized spacial score (nSPS) is 15.2. The largest absolute Gasteiger partial charge is 0.466 e. The number of nitrogens with zero attached hydrogens (tertiary/aromatic N) is 2. The minimum atomic E-state index is -3.53. The molecule has 35 heavy (non-hydrogen) atoms. The van der Waals surface area contributed by atoms with E-state index in [1.54, 1.807) is 0 Å². The van der Waals surface area contributed by atoms with Gasteiger partial charge in [-0.05, 0) is 13.8 Å². The van der Waals surface area contributed by atoms with Gasteiger partial charge in [0.05, 0.1) is 44.6 Å². The molecular weight excluding hydrogens is 478 g/mol. The number of hydrogen-bond acceptors (Lipinski definition) is 9. The predicted molar refractivity (Wildman–Crippen MR) is 112 cm³/mol. The van der Waals surface area contributed by atoms with Crippen molar-refractivity contribution in [2.45, 2.75) is 38.3 Å². The average Bonchev–Trinajstić information content (AvgIpc) is 3.36. The van der Waals surface area contributed by atoms with E-state index in [9.17, 15) is 22.8 Å². The zero-order valence-electron chi connectivity index (χ0n) is 19.2. The zero-order valence-corrected chi connectivity index (χ0v) is 19.2. The topological polar surface area (TPSA) is 109 Å². The molecule has 2 aromatic rings. The van der Waals surface area contributed by atoms with E-state index in [0.29, 0.717) is 0 Å². The van der Waals surface area contributed by atoms with E-state index in [-0.39, 0.29) is 36.0 Å². The van der Waals surface area contributed by atoms with Gasteiger partial charge in [0.15, 0.2) is 6.29 Å². The summed E-state index contributed by atoms with van der Waals surface area (Å²) in [4.78, 5) is 33.0. The molecule has 1 saturated heterocycles. The van der Waals surface area contributed by atoms with Crippen LogP contribution in [0.4, 0.5) is 23.4 Å². The molecule has 1 N–H and O–H groups in total. The first-order chi connectivity index (χ1) is 16.6. The molecular formula is C22H23F4N3O6. The van der Waals surface area contributed by atoms with E-state index in [0.717, 1.165) is 20.3 Å². The van der Waals surface area contributed by atoms with Gasteiger partial charge in [0.25, 0.3) is 6.43 Å². The first-order valence-electron chi connectivity index (χ1n) is 10.4. The molecule has 0 unspecified atom stereocenters.